The third kappa shape index (κ3) is 3.44. The first-order valence-corrected chi connectivity index (χ1v) is 7.68. The van der Waals surface area contributed by atoms with Crippen LogP contribution in [0.15, 0.2) is 21.0 Å². The molecule has 0 saturated heterocycles. The molecular weight excluding hydrogens is 344 g/mol. The molecule has 0 aliphatic carbocycles. The molecule has 0 aliphatic heterocycles. The molecule has 0 unspecified atom stereocenters. The van der Waals surface area contributed by atoms with E-state index < -0.39 is 0 Å². The number of thiazole rings is 1. The molecule has 0 aromatic carbocycles. The Labute approximate surface area is 128 Å². The Morgan fingerprint density at radius 3 is 3.00 bits per heavy atom. The van der Waals surface area contributed by atoms with Gasteiger partial charge in [0.2, 0.25) is 0 Å². The molecule has 6 nitrogen and oxygen atoms in total. The zero-order valence-corrected chi connectivity index (χ0v) is 13.6. The Bertz CT molecular complexity index is 641. The molecule has 20 heavy (non-hydrogen) atoms. The third-order valence-electron chi connectivity index (χ3n) is 2.78. The number of nitrogens with zero attached hydrogens (tertiary/aromatic N) is 3. The van der Waals surface area contributed by atoms with Crippen molar-refractivity contribution < 1.29 is 4.74 Å². The summed E-state index contributed by atoms with van der Waals surface area (Å²) in [5.41, 5.74) is 3.31. The van der Waals surface area contributed by atoms with Crippen LogP contribution in [-0.4, -0.2) is 28.5 Å². The molecule has 1 N–H and O–H groups in total. The predicted octanol–water partition coefficient (Wildman–Crippen LogP) is 2.03. The zero-order chi connectivity index (χ0) is 14.5. The van der Waals surface area contributed by atoms with Gasteiger partial charge in [-0.3, -0.25) is 4.79 Å². The van der Waals surface area contributed by atoms with E-state index in [1.54, 1.807) is 24.6 Å². The summed E-state index contributed by atoms with van der Waals surface area (Å²) in [7, 11) is 1.59. The standard InChI is InChI=1S/C12H15BrN4O2S/c1-8-10(20-7-15-8)6-14-9-5-16-17(3-4-19-2)12(18)11(9)13/h5,7,14H,3-4,6H2,1-2H3. The normalized spacial score (nSPS) is 10.8. The minimum Gasteiger partial charge on any atom is -0.383 e. The van der Waals surface area contributed by atoms with E-state index in [0.29, 0.717) is 29.9 Å². The number of aromatic nitrogens is 3. The van der Waals surface area contributed by atoms with Crippen molar-refractivity contribution in [1.82, 2.24) is 14.8 Å². The van der Waals surface area contributed by atoms with Gasteiger partial charge in [-0.05, 0) is 22.9 Å². The molecule has 0 atom stereocenters. The Hall–Kier alpha value is -1.25. The second-order valence-electron chi connectivity index (χ2n) is 4.11. The van der Waals surface area contributed by atoms with Gasteiger partial charge in [-0.2, -0.15) is 5.10 Å². The van der Waals surface area contributed by atoms with E-state index in [9.17, 15) is 4.79 Å². The molecule has 0 spiro atoms. The highest BCUT2D eigenvalue weighted by Crippen LogP contribution is 2.19. The topological polar surface area (TPSA) is 69.0 Å². The smallest absolute Gasteiger partial charge is 0.283 e. The van der Waals surface area contributed by atoms with Crippen LogP contribution in [0.3, 0.4) is 0 Å². The Morgan fingerprint density at radius 1 is 1.55 bits per heavy atom. The van der Waals surface area contributed by atoms with Crippen molar-refractivity contribution in [3.05, 3.63) is 37.1 Å². The fourth-order valence-electron chi connectivity index (χ4n) is 1.60. The van der Waals surface area contributed by atoms with Gasteiger partial charge in [-0.1, -0.05) is 0 Å². The van der Waals surface area contributed by atoms with Crippen molar-refractivity contribution in [2.24, 2.45) is 0 Å². The summed E-state index contributed by atoms with van der Waals surface area (Å²) in [6, 6.07) is 0. The highest BCUT2D eigenvalue weighted by molar-refractivity contribution is 9.10. The first-order chi connectivity index (χ1) is 9.63. The van der Waals surface area contributed by atoms with Crippen LogP contribution in [0.5, 0.6) is 0 Å². The lowest BCUT2D eigenvalue weighted by Crippen LogP contribution is -2.26. The molecular formula is C12H15BrN4O2S. The number of nitrogens with one attached hydrogen (secondary N) is 1. The largest absolute Gasteiger partial charge is 0.383 e. The van der Waals surface area contributed by atoms with Crippen LogP contribution >= 0.6 is 27.3 Å². The second kappa shape index (κ2) is 6.96. The number of hydrogen-bond acceptors (Lipinski definition) is 6. The van der Waals surface area contributed by atoms with E-state index in [2.05, 4.69) is 31.3 Å². The Morgan fingerprint density at radius 2 is 2.35 bits per heavy atom. The fraction of sp³-hybridized carbons (Fsp3) is 0.417. The molecule has 2 aromatic rings. The Kier molecular flexibility index (Phi) is 5.27. The minimum absolute atomic E-state index is 0.173. The SMILES string of the molecule is COCCn1ncc(NCc2scnc2C)c(Br)c1=O. The molecule has 0 bridgehead atoms. The number of ether oxygens (including phenoxy) is 1. The maximum Gasteiger partial charge on any atom is 0.283 e. The van der Waals surface area contributed by atoms with Crippen LogP contribution in [0.4, 0.5) is 5.69 Å². The molecule has 2 rings (SSSR count). The lowest BCUT2D eigenvalue weighted by Gasteiger charge is -2.09. The summed E-state index contributed by atoms with van der Waals surface area (Å²) >= 11 is 4.90. The van der Waals surface area contributed by atoms with Crippen LogP contribution in [0.25, 0.3) is 0 Å². The highest BCUT2D eigenvalue weighted by Gasteiger charge is 2.09. The lowest BCUT2D eigenvalue weighted by atomic mass is 10.3. The number of aryl methyl sites for hydroxylation is 1. The van der Waals surface area contributed by atoms with Crippen LogP contribution in [-0.2, 0) is 17.8 Å². The predicted molar refractivity (Wildman–Crippen MR) is 82.3 cm³/mol. The van der Waals surface area contributed by atoms with Gasteiger partial charge < -0.3 is 10.1 Å². The molecule has 8 heteroatoms. The molecule has 0 fully saturated rings. The minimum atomic E-state index is -0.173. The third-order valence-corrected chi connectivity index (χ3v) is 4.48. The van der Waals surface area contributed by atoms with Crippen LogP contribution in [0.1, 0.15) is 10.6 Å². The highest BCUT2D eigenvalue weighted by atomic mass is 79.9. The number of rotatable bonds is 6. The van der Waals surface area contributed by atoms with E-state index in [1.165, 1.54) is 4.68 Å². The van der Waals surface area contributed by atoms with Gasteiger partial charge in [-0.15, -0.1) is 11.3 Å². The summed E-state index contributed by atoms with van der Waals surface area (Å²) in [5, 5.41) is 7.32. The molecule has 0 radical (unpaired) electrons. The number of halogens is 1. The van der Waals surface area contributed by atoms with Gasteiger partial charge in [-0.25, -0.2) is 9.67 Å². The molecule has 0 aliphatic rings. The summed E-state index contributed by atoms with van der Waals surface area (Å²) in [4.78, 5) is 17.4. The van der Waals surface area contributed by atoms with Crippen molar-refractivity contribution in [2.45, 2.75) is 20.0 Å². The number of hydrogen-bond donors (Lipinski definition) is 1. The quantitative estimate of drug-likeness (QED) is 0.855. The molecule has 0 saturated carbocycles. The number of anilines is 1. The van der Waals surface area contributed by atoms with Crippen LogP contribution in [0, 0.1) is 6.92 Å². The van der Waals surface area contributed by atoms with Gasteiger partial charge in [0, 0.05) is 12.0 Å². The van der Waals surface area contributed by atoms with Crippen LogP contribution in [0.2, 0.25) is 0 Å². The van der Waals surface area contributed by atoms with Crippen molar-refractivity contribution >= 4 is 33.0 Å². The first-order valence-electron chi connectivity index (χ1n) is 6.01. The van der Waals surface area contributed by atoms with Gasteiger partial charge in [0.1, 0.15) is 4.47 Å². The van der Waals surface area contributed by atoms with E-state index in [4.69, 9.17) is 4.74 Å². The van der Waals surface area contributed by atoms with Gasteiger partial charge >= 0.3 is 0 Å². The van der Waals surface area contributed by atoms with E-state index in [-0.39, 0.29) is 5.56 Å². The Balaban J connectivity index is 2.11. The van der Waals surface area contributed by atoms with E-state index in [1.807, 2.05) is 12.4 Å². The lowest BCUT2D eigenvalue weighted by molar-refractivity contribution is 0.181. The molecule has 2 aromatic heterocycles. The average molecular weight is 359 g/mol. The summed E-state index contributed by atoms with van der Waals surface area (Å²) in [5.74, 6) is 0. The van der Waals surface area contributed by atoms with Crippen LogP contribution < -0.4 is 10.9 Å². The first kappa shape index (κ1) is 15.1. The summed E-state index contributed by atoms with van der Waals surface area (Å²) in [6.07, 6.45) is 1.64. The average Bonchev–Trinajstić information content (AvgIpc) is 2.85. The zero-order valence-electron chi connectivity index (χ0n) is 11.2. The van der Waals surface area contributed by atoms with Gasteiger partial charge in [0.25, 0.3) is 5.56 Å². The second-order valence-corrected chi connectivity index (χ2v) is 5.84. The van der Waals surface area contributed by atoms with Gasteiger partial charge in [0.15, 0.2) is 0 Å². The molecule has 0 amide bonds. The molecule has 108 valence electrons. The van der Waals surface area contributed by atoms with Crippen molar-refractivity contribution in [3.63, 3.8) is 0 Å². The fourth-order valence-corrected chi connectivity index (χ4v) is 2.76. The van der Waals surface area contributed by atoms with E-state index in [0.717, 1.165) is 10.6 Å². The van der Waals surface area contributed by atoms with Crippen molar-refractivity contribution in [3.8, 4) is 0 Å². The maximum atomic E-state index is 12.1. The number of methoxy groups -OCH3 is 1. The monoisotopic (exact) mass is 358 g/mol. The summed E-state index contributed by atoms with van der Waals surface area (Å²) < 4.78 is 6.79. The molecule has 2 heterocycles. The van der Waals surface area contributed by atoms with Crippen molar-refractivity contribution in [1.29, 1.82) is 0 Å². The van der Waals surface area contributed by atoms with Crippen molar-refractivity contribution in [2.75, 3.05) is 19.0 Å². The maximum absolute atomic E-state index is 12.1. The van der Waals surface area contributed by atoms with E-state index >= 15 is 0 Å². The summed E-state index contributed by atoms with van der Waals surface area (Å²) in [6.45, 7) is 3.47. The van der Waals surface area contributed by atoms with Gasteiger partial charge in [0.05, 0.1) is 42.8 Å².